The van der Waals surface area contributed by atoms with Crippen LogP contribution in [0.5, 0.6) is 0 Å². The molecule has 3 atom stereocenters. The number of carbonyl (C=O) groups excluding carboxylic acids is 1. The largest absolute Gasteiger partial charge is 0.459 e. The maximum Gasteiger partial charge on any atom is 0.252 e. The van der Waals surface area contributed by atoms with E-state index in [4.69, 9.17) is 4.42 Å². The van der Waals surface area contributed by atoms with Crippen LogP contribution in [0.1, 0.15) is 28.5 Å². The number of aliphatic hydroxyl groups excluding tert-OH is 2. The highest BCUT2D eigenvalue weighted by atomic mass is 32.1. The molecule has 0 aliphatic rings. The Balaban J connectivity index is 1.42. The summed E-state index contributed by atoms with van der Waals surface area (Å²) in [7, 11) is 0. The average molecular weight is 445 g/mol. The molecular weight excluding hydrogens is 424 g/mol. The molecule has 5 rings (SSSR count). The molecule has 0 radical (unpaired) electrons. The molecule has 2 aromatic heterocycles. The normalized spacial score (nSPS) is 14.3. The van der Waals surface area contributed by atoms with Gasteiger partial charge in [-0.3, -0.25) is 4.79 Å². The standard InChI is InChI=1S/C25H20N2O4S/c28-22(23(29)25-26-17-11-5-7-13-20(17)32-25)24(30)27-21(15-8-2-1-3-9-15)19-14-16-10-4-6-12-18(16)31-19/h1-14,21-23,28-29H,(H,27,30). The first-order chi connectivity index (χ1) is 15.6. The van der Waals surface area contributed by atoms with E-state index in [1.54, 1.807) is 0 Å². The zero-order valence-electron chi connectivity index (χ0n) is 16.9. The predicted molar refractivity (Wildman–Crippen MR) is 123 cm³/mol. The molecule has 5 aromatic rings. The van der Waals surface area contributed by atoms with E-state index in [1.165, 1.54) is 11.3 Å². The summed E-state index contributed by atoms with van der Waals surface area (Å²) in [5.41, 5.74) is 2.21. The van der Waals surface area contributed by atoms with Crippen molar-refractivity contribution >= 4 is 38.4 Å². The first kappa shape index (κ1) is 20.4. The number of aromatic nitrogens is 1. The molecule has 160 valence electrons. The smallest absolute Gasteiger partial charge is 0.252 e. The molecule has 0 saturated carbocycles. The minimum absolute atomic E-state index is 0.286. The number of para-hydroxylation sites is 2. The molecule has 7 heteroatoms. The van der Waals surface area contributed by atoms with Crippen LogP contribution in [-0.4, -0.2) is 27.2 Å². The Morgan fingerprint density at radius 2 is 1.66 bits per heavy atom. The quantitative estimate of drug-likeness (QED) is 0.362. The van der Waals surface area contributed by atoms with Crippen molar-refractivity contribution < 1.29 is 19.4 Å². The van der Waals surface area contributed by atoms with Crippen molar-refractivity contribution in [2.24, 2.45) is 0 Å². The summed E-state index contributed by atoms with van der Waals surface area (Å²) in [6.45, 7) is 0. The average Bonchev–Trinajstić information content (AvgIpc) is 3.46. The van der Waals surface area contributed by atoms with Crippen LogP contribution < -0.4 is 5.32 Å². The van der Waals surface area contributed by atoms with E-state index >= 15 is 0 Å². The highest BCUT2D eigenvalue weighted by Gasteiger charge is 2.31. The van der Waals surface area contributed by atoms with Gasteiger partial charge in [-0.05, 0) is 29.8 Å². The third kappa shape index (κ3) is 3.89. The molecule has 0 aliphatic heterocycles. The summed E-state index contributed by atoms with van der Waals surface area (Å²) < 4.78 is 6.85. The lowest BCUT2D eigenvalue weighted by Gasteiger charge is -2.21. The molecule has 0 bridgehead atoms. The second kappa shape index (κ2) is 8.55. The number of fused-ring (bicyclic) bond motifs is 2. The molecule has 32 heavy (non-hydrogen) atoms. The Labute approximate surface area is 187 Å². The molecule has 1 amide bonds. The van der Waals surface area contributed by atoms with Gasteiger partial charge >= 0.3 is 0 Å². The molecule has 0 saturated heterocycles. The van der Waals surface area contributed by atoms with Gasteiger partial charge in [-0.25, -0.2) is 4.98 Å². The summed E-state index contributed by atoms with van der Waals surface area (Å²) in [5.74, 6) is -0.182. The van der Waals surface area contributed by atoms with Crippen LogP contribution >= 0.6 is 11.3 Å². The molecule has 6 nitrogen and oxygen atoms in total. The lowest BCUT2D eigenvalue weighted by atomic mass is 10.0. The molecular formula is C25H20N2O4S. The minimum atomic E-state index is -1.69. The number of furan rings is 1. The fraction of sp³-hybridized carbons (Fsp3) is 0.120. The SMILES string of the molecule is O=C(NC(c1ccccc1)c1cc2ccccc2o1)C(O)C(O)c1nc2ccccc2s1. The number of nitrogens with zero attached hydrogens (tertiary/aromatic N) is 1. The summed E-state index contributed by atoms with van der Waals surface area (Å²) in [6.07, 6.45) is -3.13. The maximum atomic E-state index is 13.0. The van der Waals surface area contributed by atoms with Crippen molar-refractivity contribution in [1.82, 2.24) is 10.3 Å². The molecule has 2 heterocycles. The van der Waals surface area contributed by atoms with Crippen molar-refractivity contribution in [2.75, 3.05) is 0 Å². The third-order valence-electron chi connectivity index (χ3n) is 5.28. The zero-order chi connectivity index (χ0) is 22.1. The number of thiazole rings is 1. The van der Waals surface area contributed by atoms with Crippen LogP contribution in [0, 0.1) is 0 Å². The highest BCUT2D eigenvalue weighted by molar-refractivity contribution is 7.18. The van der Waals surface area contributed by atoms with Gasteiger partial charge in [0, 0.05) is 5.39 Å². The Bertz CT molecular complexity index is 1310. The fourth-order valence-corrected chi connectivity index (χ4v) is 4.62. The number of amides is 1. The summed E-state index contributed by atoms with van der Waals surface area (Å²) in [6, 6.07) is 25.6. The first-order valence-corrected chi connectivity index (χ1v) is 11.0. The van der Waals surface area contributed by atoms with Gasteiger partial charge < -0.3 is 19.9 Å². The topological polar surface area (TPSA) is 95.6 Å². The van der Waals surface area contributed by atoms with Crippen molar-refractivity contribution in [3.63, 3.8) is 0 Å². The highest BCUT2D eigenvalue weighted by Crippen LogP contribution is 2.30. The zero-order valence-corrected chi connectivity index (χ0v) is 17.7. The van der Waals surface area contributed by atoms with E-state index in [9.17, 15) is 15.0 Å². The molecule has 3 aromatic carbocycles. The van der Waals surface area contributed by atoms with Crippen molar-refractivity contribution in [3.8, 4) is 0 Å². The van der Waals surface area contributed by atoms with Gasteiger partial charge in [-0.1, -0.05) is 60.7 Å². The predicted octanol–water partition coefficient (Wildman–Crippen LogP) is 4.34. The van der Waals surface area contributed by atoms with Crippen LogP contribution in [0.2, 0.25) is 0 Å². The van der Waals surface area contributed by atoms with Crippen LogP contribution in [0.3, 0.4) is 0 Å². The van der Waals surface area contributed by atoms with Crippen LogP contribution in [-0.2, 0) is 4.79 Å². The minimum Gasteiger partial charge on any atom is -0.459 e. The lowest BCUT2D eigenvalue weighted by Crippen LogP contribution is -2.40. The van der Waals surface area contributed by atoms with Gasteiger partial charge in [0.1, 0.15) is 28.5 Å². The number of nitrogens with one attached hydrogen (secondary N) is 1. The number of carbonyl (C=O) groups is 1. The maximum absolute atomic E-state index is 13.0. The van der Waals surface area contributed by atoms with Gasteiger partial charge in [0.2, 0.25) is 0 Å². The van der Waals surface area contributed by atoms with E-state index in [-0.39, 0.29) is 5.01 Å². The molecule has 0 aliphatic carbocycles. The Morgan fingerprint density at radius 3 is 2.44 bits per heavy atom. The van der Waals surface area contributed by atoms with Crippen molar-refractivity contribution in [2.45, 2.75) is 18.2 Å². The van der Waals surface area contributed by atoms with Gasteiger partial charge in [-0.15, -0.1) is 11.3 Å². The molecule has 3 N–H and O–H groups in total. The first-order valence-electron chi connectivity index (χ1n) is 10.2. The van der Waals surface area contributed by atoms with Gasteiger partial charge in [0.25, 0.3) is 5.91 Å². The van der Waals surface area contributed by atoms with E-state index in [1.807, 2.05) is 84.9 Å². The van der Waals surface area contributed by atoms with Crippen molar-refractivity contribution in [1.29, 1.82) is 0 Å². The molecule has 3 unspecified atom stereocenters. The van der Waals surface area contributed by atoms with E-state index in [0.29, 0.717) is 16.9 Å². The fourth-order valence-electron chi connectivity index (χ4n) is 3.63. The Morgan fingerprint density at radius 1 is 0.938 bits per heavy atom. The Hall–Kier alpha value is -3.52. The van der Waals surface area contributed by atoms with Crippen LogP contribution in [0.25, 0.3) is 21.2 Å². The number of hydrogen-bond acceptors (Lipinski definition) is 6. The van der Waals surface area contributed by atoms with Gasteiger partial charge in [0.15, 0.2) is 6.10 Å². The number of aliphatic hydroxyl groups is 2. The second-order valence-electron chi connectivity index (χ2n) is 7.45. The number of benzene rings is 3. The van der Waals surface area contributed by atoms with Crippen LogP contribution in [0.15, 0.2) is 89.3 Å². The molecule has 0 fully saturated rings. The van der Waals surface area contributed by atoms with Gasteiger partial charge in [-0.2, -0.15) is 0 Å². The van der Waals surface area contributed by atoms with Gasteiger partial charge in [0.05, 0.1) is 10.2 Å². The monoisotopic (exact) mass is 444 g/mol. The summed E-state index contributed by atoms with van der Waals surface area (Å²) in [4.78, 5) is 17.3. The summed E-state index contributed by atoms with van der Waals surface area (Å²) >= 11 is 1.25. The number of hydrogen-bond donors (Lipinski definition) is 3. The third-order valence-corrected chi connectivity index (χ3v) is 6.39. The molecule has 0 spiro atoms. The Kier molecular flexibility index (Phi) is 5.45. The van der Waals surface area contributed by atoms with Crippen molar-refractivity contribution in [3.05, 3.63) is 101 Å². The van der Waals surface area contributed by atoms with E-state index in [0.717, 1.165) is 15.6 Å². The summed E-state index contributed by atoms with van der Waals surface area (Å²) in [5, 5.41) is 25.3. The van der Waals surface area contributed by atoms with E-state index < -0.39 is 24.2 Å². The van der Waals surface area contributed by atoms with Crippen LogP contribution in [0.4, 0.5) is 0 Å². The lowest BCUT2D eigenvalue weighted by molar-refractivity contribution is -0.136. The van der Waals surface area contributed by atoms with E-state index in [2.05, 4.69) is 10.3 Å². The second-order valence-corrected chi connectivity index (χ2v) is 8.51. The number of rotatable bonds is 6.